The third-order valence-corrected chi connectivity index (χ3v) is 2.91. The molecule has 0 aliphatic carbocycles. The van der Waals surface area contributed by atoms with Crippen LogP contribution in [-0.4, -0.2) is 35.8 Å². The molecule has 1 atom stereocenters. The summed E-state index contributed by atoms with van der Waals surface area (Å²) in [6.07, 6.45) is 0.887. The molecule has 0 amide bonds. The number of carbonyl (C=O) groups is 1. The van der Waals surface area contributed by atoms with Crippen molar-refractivity contribution in [3.8, 4) is 0 Å². The van der Waals surface area contributed by atoms with Gasteiger partial charge >= 0.3 is 5.97 Å². The molecule has 0 radical (unpaired) electrons. The van der Waals surface area contributed by atoms with Gasteiger partial charge in [0.25, 0.3) is 0 Å². The van der Waals surface area contributed by atoms with Crippen LogP contribution in [0.25, 0.3) is 0 Å². The van der Waals surface area contributed by atoms with E-state index in [4.69, 9.17) is 15.2 Å². The number of ether oxygens (including phenoxy) is 2. The molecule has 1 aromatic rings. The summed E-state index contributed by atoms with van der Waals surface area (Å²) in [5.41, 5.74) is 6.65. The fraction of sp³-hybridized carbons (Fsp3) is 0.583. The molecular weight excluding hydrogens is 234 g/mol. The van der Waals surface area contributed by atoms with E-state index in [0.717, 1.165) is 6.42 Å². The van der Waals surface area contributed by atoms with Crippen LogP contribution in [0.5, 0.6) is 0 Å². The number of esters is 1. The van der Waals surface area contributed by atoms with Gasteiger partial charge in [-0.2, -0.15) is 0 Å². The zero-order valence-corrected chi connectivity index (χ0v) is 10.6. The summed E-state index contributed by atoms with van der Waals surface area (Å²) in [4.78, 5) is 20.3. The van der Waals surface area contributed by atoms with Gasteiger partial charge in [0.1, 0.15) is 17.2 Å². The average molecular weight is 251 g/mol. The van der Waals surface area contributed by atoms with E-state index in [1.807, 2.05) is 0 Å². The van der Waals surface area contributed by atoms with Gasteiger partial charge in [0, 0.05) is 12.5 Å². The molecule has 2 N–H and O–H groups in total. The number of aromatic nitrogens is 2. The van der Waals surface area contributed by atoms with Gasteiger partial charge in [0.05, 0.1) is 18.9 Å². The number of nitrogen functional groups attached to an aromatic ring is 1. The van der Waals surface area contributed by atoms with Gasteiger partial charge in [-0.15, -0.1) is 0 Å². The molecule has 98 valence electrons. The molecule has 1 unspecified atom stereocenters. The first kappa shape index (κ1) is 12.8. The number of hydrogen-bond acceptors (Lipinski definition) is 6. The molecule has 0 aromatic carbocycles. The number of nitrogens with zero attached hydrogens (tertiary/aromatic N) is 2. The highest BCUT2D eigenvalue weighted by molar-refractivity contribution is 5.95. The Morgan fingerprint density at radius 2 is 2.33 bits per heavy atom. The Hall–Kier alpha value is -1.69. The molecule has 0 saturated carbocycles. The Morgan fingerprint density at radius 3 is 2.89 bits per heavy atom. The molecule has 2 heterocycles. The van der Waals surface area contributed by atoms with Crippen molar-refractivity contribution in [3.63, 3.8) is 0 Å². The van der Waals surface area contributed by atoms with Crippen molar-refractivity contribution in [2.45, 2.75) is 26.2 Å². The Morgan fingerprint density at radius 1 is 1.56 bits per heavy atom. The molecule has 6 heteroatoms. The molecule has 1 aliphatic rings. The van der Waals surface area contributed by atoms with Gasteiger partial charge < -0.3 is 15.2 Å². The third-order valence-electron chi connectivity index (χ3n) is 2.91. The van der Waals surface area contributed by atoms with Crippen molar-refractivity contribution >= 4 is 11.8 Å². The summed E-state index contributed by atoms with van der Waals surface area (Å²) >= 11 is 0. The molecule has 1 saturated heterocycles. The fourth-order valence-electron chi connectivity index (χ4n) is 1.99. The second-order valence-corrected chi connectivity index (χ2v) is 4.21. The van der Waals surface area contributed by atoms with Crippen LogP contribution in [0.4, 0.5) is 5.82 Å². The normalized spacial score (nSPS) is 18.9. The van der Waals surface area contributed by atoms with Gasteiger partial charge in [-0.3, -0.25) is 0 Å². The lowest BCUT2D eigenvalue weighted by molar-refractivity contribution is 0.0525. The van der Waals surface area contributed by atoms with Crippen LogP contribution in [0.3, 0.4) is 0 Å². The zero-order chi connectivity index (χ0) is 13.1. The van der Waals surface area contributed by atoms with E-state index in [-0.39, 0.29) is 17.3 Å². The van der Waals surface area contributed by atoms with E-state index in [1.165, 1.54) is 0 Å². The summed E-state index contributed by atoms with van der Waals surface area (Å²) in [6, 6.07) is 0. The molecule has 6 nitrogen and oxygen atoms in total. The summed E-state index contributed by atoms with van der Waals surface area (Å²) in [7, 11) is 0. The van der Waals surface area contributed by atoms with Crippen molar-refractivity contribution in [2.75, 3.05) is 25.6 Å². The van der Waals surface area contributed by atoms with E-state index < -0.39 is 5.97 Å². The maximum atomic E-state index is 11.7. The largest absolute Gasteiger partial charge is 0.462 e. The smallest absolute Gasteiger partial charge is 0.343 e. The minimum absolute atomic E-state index is 0.169. The lowest BCUT2D eigenvalue weighted by Crippen LogP contribution is -2.16. The van der Waals surface area contributed by atoms with Gasteiger partial charge in [-0.1, -0.05) is 0 Å². The van der Waals surface area contributed by atoms with Crippen LogP contribution in [0.15, 0.2) is 0 Å². The molecule has 2 rings (SSSR count). The number of nitrogens with two attached hydrogens (primary N) is 1. The van der Waals surface area contributed by atoms with Gasteiger partial charge in [-0.05, 0) is 20.3 Å². The van der Waals surface area contributed by atoms with E-state index in [2.05, 4.69) is 9.97 Å². The average Bonchev–Trinajstić information content (AvgIpc) is 2.81. The topological polar surface area (TPSA) is 87.3 Å². The highest BCUT2D eigenvalue weighted by Crippen LogP contribution is 2.25. The molecule has 1 aliphatic heterocycles. The van der Waals surface area contributed by atoms with Crippen LogP contribution < -0.4 is 5.73 Å². The molecule has 0 spiro atoms. The second-order valence-electron chi connectivity index (χ2n) is 4.21. The number of anilines is 1. The lowest BCUT2D eigenvalue weighted by Gasteiger charge is -2.12. The molecule has 18 heavy (non-hydrogen) atoms. The maximum absolute atomic E-state index is 11.7. The third kappa shape index (κ3) is 2.43. The van der Waals surface area contributed by atoms with Crippen molar-refractivity contribution in [1.29, 1.82) is 0 Å². The van der Waals surface area contributed by atoms with E-state index in [0.29, 0.717) is 31.3 Å². The number of carbonyl (C=O) groups excluding carboxylic acids is 1. The maximum Gasteiger partial charge on any atom is 0.343 e. The Labute approximate surface area is 106 Å². The van der Waals surface area contributed by atoms with Crippen molar-refractivity contribution < 1.29 is 14.3 Å². The van der Waals surface area contributed by atoms with Crippen molar-refractivity contribution in [1.82, 2.24) is 9.97 Å². The SMILES string of the molecule is CCOC(=O)c1c(C)nc(C2CCOC2)nc1N. The first-order valence-electron chi connectivity index (χ1n) is 6.02. The van der Waals surface area contributed by atoms with Crippen LogP contribution in [-0.2, 0) is 9.47 Å². The van der Waals surface area contributed by atoms with Crippen LogP contribution >= 0.6 is 0 Å². The Bertz CT molecular complexity index is 433. The van der Waals surface area contributed by atoms with E-state index in [1.54, 1.807) is 13.8 Å². The van der Waals surface area contributed by atoms with Crippen molar-refractivity contribution in [3.05, 3.63) is 17.1 Å². The summed E-state index contributed by atoms with van der Waals surface area (Å²) < 4.78 is 10.2. The van der Waals surface area contributed by atoms with Crippen LogP contribution in [0, 0.1) is 6.92 Å². The van der Waals surface area contributed by atoms with Crippen LogP contribution in [0.1, 0.15) is 41.1 Å². The second kappa shape index (κ2) is 5.30. The fourth-order valence-corrected chi connectivity index (χ4v) is 1.99. The Balaban J connectivity index is 2.31. The highest BCUT2D eigenvalue weighted by atomic mass is 16.5. The van der Waals surface area contributed by atoms with Gasteiger partial charge in [0.15, 0.2) is 0 Å². The summed E-state index contributed by atoms with van der Waals surface area (Å²) in [5.74, 6) is 0.530. The highest BCUT2D eigenvalue weighted by Gasteiger charge is 2.24. The standard InChI is InChI=1S/C12H17N3O3/c1-3-18-12(16)9-7(2)14-11(15-10(9)13)8-4-5-17-6-8/h8H,3-6H2,1-2H3,(H2,13,14,15). The van der Waals surface area contributed by atoms with Gasteiger partial charge in [-0.25, -0.2) is 14.8 Å². The zero-order valence-electron chi connectivity index (χ0n) is 10.6. The molecule has 0 bridgehead atoms. The molecule has 1 fully saturated rings. The lowest BCUT2D eigenvalue weighted by atomic mass is 10.1. The quantitative estimate of drug-likeness (QED) is 0.808. The minimum Gasteiger partial charge on any atom is -0.462 e. The number of rotatable bonds is 3. The Kier molecular flexibility index (Phi) is 3.76. The predicted molar refractivity (Wildman–Crippen MR) is 65.3 cm³/mol. The molecule has 1 aromatic heterocycles. The molecular formula is C12H17N3O3. The minimum atomic E-state index is -0.471. The van der Waals surface area contributed by atoms with Crippen LogP contribution in [0.2, 0.25) is 0 Å². The van der Waals surface area contributed by atoms with E-state index >= 15 is 0 Å². The first-order valence-corrected chi connectivity index (χ1v) is 6.02. The summed E-state index contributed by atoms with van der Waals surface area (Å²) in [5, 5.41) is 0. The van der Waals surface area contributed by atoms with Gasteiger partial charge in [0.2, 0.25) is 0 Å². The van der Waals surface area contributed by atoms with Crippen molar-refractivity contribution in [2.24, 2.45) is 0 Å². The predicted octanol–water partition coefficient (Wildman–Crippen LogP) is 1.05. The van der Waals surface area contributed by atoms with E-state index in [9.17, 15) is 4.79 Å². The summed E-state index contributed by atoms with van der Waals surface area (Å²) in [6.45, 7) is 5.11. The first-order chi connectivity index (χ1) is 8.63. The number of aryl methyl sites for hydroxylation is 1. The monoisotopic (exact) mass is 251 g/mol. The number of hydrogen-bond donors (Lipinski definition) is 1.